The van der Waals surface area contributed by atoms with E-state index in [0.29, 0.717) is 22.5 Å². The zero-order valence-electron chi connectivity index (χ0n) is 9.23. The Hall–Kier alpha value is -1.34. The van der Waals surface area contributed by atoms with Gasteiger partial charge in [-0.25, -0.2) is 14.4 Å². The molecule has 4 nitrogen and oxygen atoms in total. The predicted octanol–water partition coefficient (Wildman–Crippen LogP) is 2.83. The number of halogens is 2. The smallest absolute Gasteiger partial charge is 0.191 e. The third kappa shape index (κ3) is 3.33. The molecule has 0 fully saturated rings. The van der Waals surface area contributed by atoms with Crippen molar-refractivity contribution < 1.29 is 4.39 Å². The van der Waals surface area contributed by atoms with Crippen LogP contribution in [0.2, 0.25) is 0 Å². The fraction of sp³-hybridized carbons (Fsp3) is 0.0909. The van der Waals surface area contributed by atoms with Crippen LogP contribution in [0.5, 0.6) is 0 Å². The second-order valence-corrected chi connectivity index (χ2v) is 5.32. The highest BCUT2D eigenvalue weighted by molar-refractivity contribution is 9.10. The van der Waals surface area contributed by atoms with Crippen LogP contribution in [0.3, 0.4) is 0 Å². The molecule has 0 atom stereocenters. The second kappa shape index (κ2) is 5.53. The van der Waals surface area contributed by atoms with Gasteiger partial charge in [0, 0.05) is 16.3 Å². The molecule has 94 valence electrons. The number of aromatic nitrogens is 2. The van der Waals surface area contributed by atoms with Gasteiger partial charge in [0.2, 0.25) is 0 Å². The lowest BCUT2D eigenvalue weighted by molar-refractivity contribution is 0.626. The number of hydrogen-bond donors (Lipinski definition) is 2. The number of rotatable bonds is 3. The van der Waals surface area contributed by atoms with E-state index in [1.807, 2.05) is 0 Å². The molecule has 4 N–H and O–H groups in total. The third-order valence-electron chi connectivity index (χ3n) is 2.11. The van der Waals surface area contributed by atoms with Crippen molar-refractivity contribution >= 4 is 39.3 Å². The van der Waals surface area contributed by atoms with Crippen molar-refractivity contribution in [3.8, 4) is 0 Å². The second-order valence-electron chi connectivity index (χ2n) is 3.52. The van der Waals surface area contributed by atoms with Crippen LogP contribution in [0.15, 0.2) is 33.9 Å². The first-order chi connectivity index (χ1) is 8.54. The SMILES string of the molecule is Nc1cc(N)nc(SCc2cc(F)ccc2Br)n1. The van der Waals surface area contributed by atoms with E-state index < -0.39 is 0 Å². The van der Waals surface area contributed by atoms with Crippen molar-refractivity contribution in [3.05, 3.63) is 40.1 Å². The highest BCUT2D eigenvalue weighted by atomic mass is 79.9. The number of thioether (sulfide) groups is 1. The Balaban J connectivity index is 2.13. The van der Waals surface area contributed by atoms with Crippen LogP contribution in [-0.4, -0.2) is 9.97 Å². The van der Waals surface area contributed by atoms with E-state index in [0.717, 1.165) is 10.0 Å². The van der Waals surface area contributed by atoms with Crippen LogP contribution in [0.25, 0.3) is 0 Å². The van der Waals surface area contributed by atoms with E-state index in [9.17, 15) is 4.39 Å². The van der Waals surface area contributed by atoms with Gasteiger partial charge in [0.1, 0.15) is 17.5 Å². The number of nitrogen functional groups attached to an aromatic ring is 2. The Morgan fingerprint density at radius 1 is 1.17 bits per heavy atom. The maximum absolute atomic E-state index is 13.1. The zero-order valence-corrected chi connectivity index (χ0v) is 11.6. The molecule has 1 aromatic carbocycles. The summed E-state index contributed by atoms with van der Waals surface area (Å²) >= 11 is 4.71. The largest absolute Gasteiger partial charge is 0.383 e. The van der Waals surface area contributed by atoms with E-state index in [1.165, 1.54) is 30.0 Å². The minimum atomic E-state index is -0.276. The minimum absolute atomic E-state index is 0.276. The van der Waals surface area contributed by atoms with Crippen molar-refractivity contribution in [3.63, 3.8) is 0 Å². The summed E-state index contributed by atoms with van der Waals surface area (Å²) in [7, 11) is 0. The molecule has 0 bridgehead atoms. The molecule has 1 heterocycles. The molecule has 0 radical (unpaired) electrons. The van der Waals surface area contributed by atoms with Crippen LogP contribution in [0.1, 0.15) is 5.56 Å². The Bertz CT molecular complexity index is 559. The molecular weight excluding hydrogens is 319 g/mol. The monoisotopic (exact) mass is 328 g/mol. The number of hydrogen-bond acceptors (Lipinski definition) is 5. The first-order valence-electron chi connectivity index (χ1n) is 5.01. The van der Waals surface area contributed by atoms with Crippen LogP contribution >= 0.6 is 27.7 Å². The van der Waals surface area contributed by atoms with E-state index in [-0.39, 0.29) is 5.82 Å². The summed E-state index contributed by atoms with van der Waals surface area (Å²) < 4.78 is 13.9. The first-order valence-corrected chi connectivity index (χ1v) is 6.79. The molecule has 0 saturated heterocycles. The molecule has 0 aliphatic rings. The van der Waals surface area contributed by atoms with Crippen LogP contribution < -0.4 is 11.5 Å². The third-order valence-corrected chi connectivity index (χ3v) is 3.78. The fourth-order valence-electron chi connectivity index (χ4n) is 1.32. The molecule has 0 unspecified atom stereocenters. The number of anilines is 2. The highest BCUT2D eigenvalue weighted by Crippen LogP contribution is 2.26. The average molecular weight is 329 g/mol. The van der Waals surface area contributed by atoms with Gasteiger partial charge in [0.05, 0.1) is 0 Å². The van der Waals surface area contributed by atoms with Crippen molar-refractivity contribution in [1.82, 2.24) is 9.97 Å². The predicted molar refractivity (Wildman–Crippen MR) is 74.5 cm³/mol. The molecule has 1 aromatic heterocycles. The van der Waals surface area contributed by atoms with Gasteiger partial charge in [0.15, 0.2) is 5.16 Å². The number of benzene rings is 1. The lowest BCUT2D eigenvalue weighted by atomic mass is 10.2. The van der Waals surface area contributed by atoms with Gasteiger partial charge in [-0.05, 0) is 23.8 Å². The van der Waals surface area contributed by atoms with Crippen LogP contribution in [0.4, 0.5) is 16.0 Å². The lowest BCUT2D eigenvalue weighted by Gasteiger charge is -2.05. The summed E-state index contributed by atoms with van der Waals surface area (Å²) in [4.78, 5) is 8.08. The summed E-state index contributed by atoms with van der Waals surface area (Å²) in [5, 5.41) is 0.476. The van der Waals surface area contributed by atoms with Gasteiger partial charge >= 0.3 is 0 Å². The number of nitrogens with zero attached hydrogens (tertiary/aromatic N) is 2. The van der Waals surface area contributed by atoms with Gasteiger partial charge in [-0.2, -0.15) is 0 Å². The summed E-state index contributed by atoms with van der Waals surface area (Å²) in [6.07, 6.45) is 0. The summed E-state index contributed by atoms with van der Waals surface area (Å²) in [5.41, 5.74) is 12.0. The normalized spacial score (nSPS) is 10.6. The maximum Gasteiger partial charge on any atom is 0.191 e. The fourth-order valence-corrected chi connectivity index (χ4v) is 2.76. The van der Waals surface area contributed by atoms with Crippen LogP contribution in [-0.2, 0) is 5.75 Å². The lowest BCUT2D eigenvalue weighted by Crippen LogP contribution is -1.99. The molecule has 2 rings (SSSR count). The summed E-state index contributed by atoms with van der Waals surface area (Å²) in [6.45, 7) is 0. The van der Waals surface area contributed by atoms with Gasteiger partial charge < -0.3 is 11.5 Å². The molecule has 18 heavy (non-hydrogen) atoms. The molecule has 2 aromatic rings. The van der Waals surface area contributed by atoms with Crippen molar-refractivity contribution in [1.29, 1.82) is 0 Å². The average Bonchev–Trinajstić information content (AvgIpc) is 2.29. The molecule has 7 heteroatoms. The van der Waals surface area contributed by atoms with Crippen molar-refractivity contribution in [2.45, 2.75) is 10.9 Å². The molecule has 0 amide bonds. The maximum atomic E-state index is 13.1. The highest BCUT2D eigenvalue weighted by Gasteiger charge is 2.06. The Labute approximate surface area is 116 Å². The molecular formula is C11H10BrFN4S. The van der Waals surface area contributed by atoms with E-state index >= 15 is 0 Å². The quantitative estimate of drug-likeness (QED) is 0.669. The van der Waals surface area contributed by atoms with Gasteiger partial charge in [-0.1, -0.05) is 27.7 Å². The van der Waals surface area contributed by atoms with E-state index in [4.69, 9.17) is 11.5 Å². The zero-order chi connectivity index (χ0) is 13.1. The summed E-state index contributed by atoms with van der Waals surface area (Å²) in [5.74, 6) is 0.898. The topological polar surface area (TPSA) is 77.8 Å². The molecule has 0 aliphatic carbocycles. The number of nitrogens with two attached hydrogens (primary N) is 2. The van der Waals surface area contributed by atoms with Gasteiger partial charge in [-0.15, -0.1) is 0 Å². The van der Waals surface area contributed by atoms with Gasteiger partial charge in [0.25, 0.3) is 0 Å². The van der Waals surface area contributed by atoms with Crippen LogP contribution in [0, 0.1) is 5.82 Å². The standard InChI is InChI=1S/C11H10BrFN4S/c12-8-2-1-7(13)3-6(8)5-18-11-16-9(14)4-10(15)17-11/h1-4H,5H2,(H4,14,15,16,17). The molecule has 0 spiro atoms. The Kier molecular flexibility index (Phi) is 4.03. The minimum Gasteiger partial charge on any atom is -0.383 e. The molecule has 0 aliphatic heterocycles. The molecule has 0 saturated carbocycles. The Morgan fingerprint density at radius 3 is 2.50 bits per heavy atom. The first kappa shape index (κ1) is 13.1. The van der Waals surface area contributed by atoms with Crippen molar-refractivity contribution in [2.24, 2.45) is 0 Å². The Morgan fingerprint density at radius 2 is 1.83 bits per heavy atom. The van der Waals surface area contributed by atoms with Crippen molar-refractivity contribution in [2.75, 3.05) is 11.5 Å². The van der Waals surface area contributed by atoms with Gasteiger partial charge in [-0.3, -0.25) is 0 Å². The van der Waals surface area contributed by atoms with E-state index in [1.54, 1.807) is 6.07 Å². The van der Waals surface area contributed by atoms with E-state index in [2.05, 4.69) is 25.9 Å². The summed E-state index contributed by atoms with van der Waals surface area (Å²) in [6, 6.07) is 6.02.